The lowest BCUT2D eigenvalue weighted by Gasteiger charge is -2.03. The van der Waals surface area contributed by atoms with Crippen LogP contribution < -0.4 is 5.32 Å². The summed E-state index contributed by atoms with van der Waals surface area (Å²) in [5, 5.41) is 12.0. The second-order valence-corrected chi connectivity index (χ2v) is 6.58. The fraction of sp³-hybridized carbons (Fsp3) is 0.0667. The Hall–Kier alpha value is -2.05. The van der Waals surface area contributed by atoms with Crippen molar-refractivity contribution in [1.29, 1.82) is 0 Å². The van der Waals surface area contributed by atoms with Gasteiger partial charge in [-0.2, -0.15) is 0 Å². The maximum atomic E-state index is 11.9. The number of rotatable bonds is 4. The smallest absolute Gasteiger partial charge is 0.234 e. The molecule has 2 aromatic carbocycles. The number of nitrogens with zero attached hydrogens (tertiary/aromatic N) is 1. The average Bonchev–Trinajstić information content (AvgIpc) is 2.90. The van der Waals surface area contributed by atoms with Crippen LogP contribution in [0.3, 0.4) is 0 Å². The van der Waals surface area contributed by atoms with Gasteiger partial charge in [-0.15, -0.1) is 11.3 Å². The second kappa shape index (κ2) is 6.15. The molecule has 1 heterocycles. The predicted molar refractivity (Wildman–Crippen MR) is 87.1 cm³/mol. The number of aromatic hydroxyl groups is 1. The third kappa shape index (κ3) is 3.53. The van der Waals surface area contributed by atoms with Gasteiger partial charge >= 0.3 is 0 Å². The Kier molecular flexibility index (Phi) is 4.08. The molecule has 106 valence electrons. The molecule has 0 aliphatic carbocycles. The number of carbonyl (C=O) groups is 1. The van der Waals surface area contributed by atoms with Crippen LogP contribution in [0.2, 0.25) is 0 Å². The molecule has 0 aliphatic rings. The number of benzene rings is 2. The summed E-state index contributed by atoms with van der Waals surface area (Å²) in [6.07, 6.45) is 0. The lowest BCUT2D eigenvalue weighted by molar-refractivity contribution is -0.113. The van der Waals surface area contributed by atoms with E-state index in [1.165, 1.54) is 23.9 Å². The summed E-state index contributed by atoms with van der Waals surface area (Å²) in [7, 11) is 0. The Balaban J connectivity index is 1.59. The van der Waals surface area contributed by atoms with Gasteiger partial charge in [0, 0.05) is 5.69 Å². The molecule has 3 rings (SSSR count). The minimum Gasteiger partial charge on any atom is -0.508 e. The fourth-order valence-electron chi connectivity index (χ4n) is 1.78. The quantitative estimate of drug-likeness (QED) is 0.568. The topological polar surface area (TPSA) is 62.2 Å². The van der Waals surface area contributed by atoms with Crippen molar-refractivity contribution in [3.63, 3.8) is 0 Å². The zero-order valence-corrected chi connectivity index (χ0v) is 12.6. The molecule has 0 bridgehead atoms. The number of para-hydroxylation sites is 1. The Morgan fingerprint density at radius 3 is 2.71 bits per heavy atom. The van der Waals surface area contributed by atoms with Gasteiger partial charge in [-0.1, -0.05) is 23.9 Å². The van der Waals surface area contributed by atoms with Crippen LogP contribution in [0.25, 0.3) is 10.2 Å². The standard InChI is InChI=1S/C15H12N2O2S2/c18-11-7-5-10(6-8-11)16-14(19)9-20-15-17-12-3-1-2-4-13(12)21-15/h1-8,18H,9H2,(H,16,19). The number of anilines is 1. The number of aromatic nitrogens is 1. The number of thiazole rings is 1. The van der Waals surface area contributed by atoms with Crippen LogP contribution in [0, 0.1) is 0 Å². The first-order valence-corrected chi connectivity index (χ1v) is 8.08. The minimum absolute atomic E-state index is 0.0926. The van der Waals surface area contributed by atoms with Crippen molar-refractivity contribution in [2.24, 2.45) is 0 Å². The van der Waals surface area contributed by atoms with Crippen molar-refractivity contribution >= 4 is 44.9 Å². The molecule has 0 atom stereocenters. The van der Waals surface area contributed by atoms with Gasteiger partial charge in [0.15, 0.2) is 4.34 Å². The van der Waals surface area contributed by atoms with E-state index < -0.39 is 0 Å². The summed E-state index contributed by atoms with van der Waals surface area (Å²) in [4.78, 5) is 16.3. The summed E-state index contributed by atoms with van der Waals surface area (Å²) in [6.45, 7) is 0. The molecule has 0 aliphatic heterocycles. The molecule has 6 heteroatoms. The molecule has 21 heavy (non-hydrogen) atoms. The van der Waals surface area contributed by atoms with Crippen molar-refractivity contribution in [2.45, 2.75) is 4.34 Å². The number of carbonyl (C=O) groups excluding carboxylic acids is 1. The molecule has 0 saturated heterocycles. The molecule has 0 radical (unpaired) electrons. The summed E-state index contributed by atoms with van der Waals surface area (Å²) in [6, 6.07) is 14.3. The number of nitrogens with one attached hydrogen (secondary N) is 1. The Bertz CT molecular complexity index is 736. The largest absolute Gasteiger partial charge is 0.508 e. The van der Waals surface area contributed by atoms with E-state index in [9.17, 15) is 9.90 Å². The van der Waals surface area contributed by atoms with Crippen molar-refractivity contribution in [2.75, 3.05) is 11.1 Å². The molecule has 2 N–H and O–H groups in total. The van der Waals surface area contributed by atoms with Gasteiger partial charge in [-0.3, -0.25) is 4.79 Å². The molecular formula is C15H12N2O2S2. The van der Waals surface area contributed by atoms with E-state index in [0.717, 1.165) is 14.6 Å². The maximum absolute atomic E-state index is 11.9. The highest BCUT2D eigenvalue weighted by atomic mass is 32.2. The third-order valence-corrected chi connectivity index (χ3v) is 4.93. The molecule has 0 spiro atoms. The van der Waals surface area contributed by atoms with E-state index in [1.807, 2.05) is 24.3 Å². The van der Waals surface area contributed by atoms with Crippen LogP contribution in [-0.2, 0) is 4.79 Å². The number of phenols is 1. The van der Waals surface area contributed by atoms with E-state index >= 15 is 0 Å². The summed E-state index contributed by atoms with van der Waals surface area (Å²) < 4.78 is 2.01. The van der Waals surface area contributed by atoms with E-state index in [4.69, 9.17) is 0 Å². The number of amides is 1. The highest BCUT2D eigenvalue weighted by molar-refractivity contribution is 8.01. The van der Waals surface area contributed by atoms with Crippen molar-refractivity contribution in [1.82, 2.24) is 4.98 Å². The number of hydrogen-bond acceptors (Lipinski definition) is 5. The van der Waals surface area contributed by atoms with Crippen molar-refractivity contribution < 1.29 is 9.90 Å². The molecule has 4 nitrogen and oxygen atoms in total. The monoisotopic (exact) mass is 316 g/mol. The minimum atomic E-state index is -0.0926. The van der Waals surface area contributed by atoms with E-state index in [0.29, 0.717) is 11.4 Å². The van der Waals surface area contributed by atoms with Gasteiger partial charge < -0.3 is 10.4 Å². The van der Waals surface area contributed by atoms with Crippen molar-refractivity contribution in [3.05, 3.63) is 48.5 Å². The predicted octanol–water partition coefficient (Wildman–Crippen LogP) is 3.73. The zero-order chi connectivity index (χ0) is 14.7. The molecule has 0 unspecified atom stereocenters. The zero-order valence-electron chi connectivity index (χ0n) is 10.9. The molecular weight excluding hydrogens is 304 g/mol. The first kappa shape index (κ1) is 13.9. The van der Waals surface area contributed by atoms with Crippen LogP contribution in [0.5, 0.6) is 5.75 Å². The summed E-state index contributed by atoms with van der Waals surface area (Å²) >= 11 is 3.01. The number of thioether (sulfide) groups is 1. The van der Waals surface area contributed by atoms with Crippen LogP contribution in [-0.4, -0.2) is 21.8 Å². The van der Waals surface area contributed by atoms with Gasteiger partial charge in [0.25, 0.3) is 0 Å². The number of phenolic OH excluding ortho intramolecular Hbond substituents is 1. The van der Waals surface area contributed by atoms with Crippen LogP contribution in [0.4, 0.5) is 5.69 Å². The fourth-order valence-corrected chi connectivity index (χ4v) is 3.65. The van der Waals surface area contributed by atoms with Crippen LogP contribution in [0.1, 0.15) is 0 Å². The first-order chi connectivity index (χ1) is 10.2. The molecule has 1 aromatic heterocycles. The normalized spacial score (nSPS) is 10.7. The van der Waals surface area contributed by atoms with E-state index in [1.54, 1.807) is 23.5 Å². The SMILES string of the molecule is O=C(CSc1nc2ccccc2s1)Nc1ccc(O)cc1. The Morgan fingerprint density at radius 2 is 1.95 bits per heavy atom. The van der Waals surface area contributed by atoms with Gasteiger partial charge in [-0.25, -0.2) is 4.98 Å². The summed E-state index contributed by atoms with van der Waals surface area (Å²) in [5.74, 6) is 0.391. The first-order valence-electron chi connectivity index (χ1n) is 6.28. The van der Waals surface area contributed by atoms with E-state index in [-0.39, 0.29) is 11.7 Å². The molecule has 3 aromatic rings. The van der Waals surface area contributed by atoms with E-state index in [2.05, 4.69) is 10.3 Å². The highest BCUT2D eigenvalue weighted by Gasteiger charge is 2.07. The van der Waals surface area contributed by atoms with Crippen molar-refractivity contribution in [3.8, 4) is 5.75 Å². The second-order valence-electron chi connectivity index (χ2n) is 4.33. The average molecular weight is 316 g/mol. The molecule has 1 amide bonds. The lowest BCUT2D eigenvalue weighted by atomic mass is 10.3. The third-order valence-electron chi connectivity index (χ3n) is 2.75. The molecule has 0 fully saturated rings. The number of fused-ring (bicyclic) bond motifs is 1. The summed E-state index contributed by atoms with van der Waals surface area (Å²) in [5.41, 5.74) is 1.63. The van der Waals surface area contributed by atoms with Gasteiger partial charge in [0.05, 0.1) is 16.0 Å². The molecule has 0 saturated carbocycles. The highest BCUT2D eigenvalue weighted by Crippen LogP contribution is 2.29. The van der Waals surface area contributed by atoms with Gasteiger partial charge in [0.1, 0.15) is 5.75 Å². The maximum Gasteiger partial charge on any atom is 0.234 e. The van der Waals surface area contributed by atoms with Gasteiger partial charge in [0.2, 0.25) is 5.91 Å². The Morgan fingerprint density at radius 1 is 1.19 bits per heavy atom. The van der Waals surface area contributed by atoms with Crippen LogP contribution >= 0.6 is 23.1 Å². The number of hydrogen-bond donors (Lipinski definition) is 2. The lowest BCUT2D eigenvalue weighted by Crippen LogP contribution is -2.13. The Labute approximate surface area is 129 Å². The van der Waals surface area contributed by atoms with Gasteiger partial charge in [-0.05, 0) is 36.4 Å². The van der Waals surface area contributed by atoms with Crippen LogP contribution in [0.15, 0.2) is 52.9 Å².